The summed E-state index contributed by atoms with van der Waals surface area (Å²) in [6.07, 6.45) is 3.43. The second-order valence-electron chi connectivity index (χ2n) is 6.59. The number of methoxy groups -OCH3 is 3. The molecule has 2 aromatic carbocycles. The SMILES string of the molecule is COc1ccc(/C=C2\S/C(=N/c3ccccn3)N(c3ccccc3)C2=O)c(OC)c1OC. The molecule has 7 nitrogen and oxygen atoms in total. The first-order chi connectivity index (χ1) is 15.7. The lowest BCUT2D eigenvalue weighted by atomic mass is 10.1. The van der Waals surface area contributed by atoms with E-state index in [0.717, 1.165) is 5.69 Å². The molecule has 1 aliphatic rings. The number of thioether (sulfide) groups is 1. The van der Waals surface area contributed by atoms with Crippen molar-refractivity contribution < 1.29 is 19.0 Å². The molecule has 0 radical (unpaired) electrons. The Hall–Kier alpha value is -3.78. The molecule has 0 spiro atoms. The number of anilines is 1. The first-order valence-corrected chi connectivity index (χ1v) is 10.6. The number of nitrogens with zero attached hydrogens (tertiary/aromatic N) is 3. The van der Waals surface area contributed by atoms with Crippen LogP contribution in [0, 0.1) is 0 Å². The fraction of sp³-hybridized carbons (Fsp3) is 0.125. The second-order valence-corrected chi connectivity index (χ2v) is 7.60. The Balaban J connectivity index is 1.80. The molecule has 2 heterocycles. The molecule has 0 bridgehead atoms. The van der Waals surface area contributed by atoms with Crippen molar-refractivity contribution in [3.63, 3.8) is 0 Å². The third-order valence-electron chi connectivity index (χ3n) is 4.70. The predicted octanol–water partition coefficient (Wildman–Crippen LogP) is 4.92. The van der Waals surface area contributed by atoms with Gasteiger partial charge in [-0.25, -0.2) is 9.98 Å². The van der Waals surface area contributed by atoms with E-state index in [1.54, 1.807) is 50.6 Å². The summed E-state index contributed by atoms with van der Waals surface area (Å²) in [6, 6.07) is 18.5. The molecular weight excluding hydrogens is 426 g/mol. The molecule has 8 heteroatoms. The first kappa shape index (κ1) is 21.5. The molecule has 0 atom stereocenters. The fourth-order valence-electron chi connectivity index (χ4n) is 3.25. The average molecular weight is 448 g/mol. The molecular formula is C24H21N3O4S. The molecule has 162 valence electrons. The van der Waals surface area contributed by atoms with Gasteiger partial charge in [-0.05, 0) is 54.2 Å². The highest BCUT2D eigenvalue weighted by molar-refractivity contribution is 8.19. The van der Waals surface area contributed by atoms with E-state index in [1.807, 2.05) is 48.5 Å². The van der Waals surface area contributed by atoms with Crippen LogP contribution in [0.25, 0.3) is 6.08 Å². The zero-order chi connectivity index (χ0) is 22.5. The number of benzene rings is 2. The standard InChI is InChI=1S/C24H21N3O4S/c1-29-18-13-12-16(21(30-2)22(18)31-3)15-19-23(28)27(17-9-5-4-6-10-17)24(32-19)26-20-11-7-8-14-25-20/h4-15H,1-3H3/b19-15-,26-24+. The van der Waals surface area contributed by atoms with Gasteiger partial charge in [-0.3, -0.25) is 9.69 Å². The summed E-state index contributed by atoms with van der Waals surface area (Å²) >= 11 is 1.27. The number of carbonyl (C=O) groups is 1. The zero-order valence-corrected chi connectivity index (χ0v) is 18.6. The molecule has 1 aliphatic heterocycles. The first-order valence-electron chi connectivity index (χ1n) is 9.74. The molecule has 0 unspecified atom stereocenters. The average Bonchev–Trinajstić information content (AvgIpc) is 3.14. The van der Waals surface area contributed by atoms with Gasteiger partial charge in [0.1, 0.15) is 0 Å². The lowest BCUT2D eigenvalue weighted by Gasteiger charge is -2.15. The number of carbonyl (C=O) groups excluding carboxylic acids is 1. The maximum atomic E-state index is 13.4. The minimum absolute atomic E-state index is 0.187. The Morgan fingerprint density at radius 2 is 1.66 bits per heavy atom. The largest absolute Gasteiger partial charge is 0.493 e. The van der Waals surface area contributed by atoms with Crippen LogP contribution in [-0.2, 0) is 4.79 Å². The highest BCUT2D eigenvalue weighted by atomic mass is 32.2. The van der Waals surface area contributed by atoms with E-state index in [2.05, 4.69) is 9.98 Å². The van der Waals surface area contributed by atoms with E-state index in [-0.39, 0.29) is 5.91 Å². The normalized spacial score (nSPS) is 16.0. The number of aromatic nitrogens is 1. The minimum atomic E-state index is -0.187. The number of amidine groups is 1. The van der Waals surface area contributed by atoms with Crippen LogP contribution in [0.3, 0.4) is 0 Å². The van der Waals surface area contributed by atoms with Gasteiger partial charge in [0.2, 0.25) is 5.75 Å². The second kappa shape index (κ2) is 9.57. The van der Waals surface area contributed by atoms with Crippen molar-refractivity contribution in [1.82, 2.24) is 4.98 Å². The van der Waals surface area contributed by atoms with Gasteiger partial charge >= 0.3 is 0 Å². The van der Waals surface area contributed by atoms with E-state index in [1.165, 1.54) is 11.8 Å². The molecule has 0 saturated carbocycles. The molecule has 1 amide bonds. The Morgan fingerprint density at radius 3 is 2.31 bits per heavy atom. The van der Waals surface area contributed by atoms with Gasteiger partial charge in [0.25, 0.3) is 5.91 Å². The van der Waals surface area contributed by atoms with Crippen LogP contribution in [0.1, 0.15) is 5.56 Å². The van der Waals surface area contributed by atoms with Crippen LogP contribution in [0.2, 0.25) is 0 Å². The number of hydrogen-bond donors (Lipinski definition) is 0. The monoisotopic (exact) mass is 447 g/mol. The van der Waals surface area contributed by atoms with E-state index in [0.29, 0.717) is 38.7 Å². The van der Waals surface area contributed by atoms with Gasteiger partial charge in [-0.15, -0.1) is 0 Å². The predicted molar refractivity (Wildman–Crippen MR) is 127 cm³/mol. The topological polar surface area (TPSA) is 73.3 Å². The van der Waals surface area contributed by atoms with Crippen molar-refractivity contribution >= 4 is 40.4 Å². The summed E-state index contributed by atoms with van der Waals surface area (Å²) in [5.74, 6) is 1.82. The van der Waals surface area contributed by atoms with Crippen molar-refractivity contribution in [3.05, 3.63) is 77.3 Å². The highest BCUT2D eigenvalue weighted by Crippen LogP contribution is 2.43. The summed E-state index contributed by atoms with van der Waals surface area (Å²) in [5.41, 5.74) is 1.41. The smallest absolute Gasteiger partial charge is 0.271 e. The summed E-state index contributed by atoms with van der Waals surface area (Å²) in [7, 11) is 4.65. The molecule has 1 saturated heterocycles. The third-order valence-corrected chi connectivity index (χ3v) is 5.67. The van der Waals surface area contributed by atoms with Crippen molar-refractivity contribution in [1.29, 1.82) is 0 Å². The lowest BCUT2D eigenvalue weighted by molar-refractivity contribution is -0.113. The molecule has 1 aromatic heterocycles. The number of aliphatic imine (C=N–C) groups is 1. The van der Waals surface area contributed by atoms with E-state index >= 15 is 0 Å². The Labute approximate surface area is 190 Å². The van der Waals surface area contributed by atoms with Gasteiger partial charge in [0.15, 0.2) is 22.5 Å². The van der Waals surface area contributed by atoms with E-state index in [4.69, 9.17) is 14.2 Å². The molecule has 4 rings (SSSR count). The van der Waals surface area contributed by atoms with Crippen molar-refractivity contribution in [2.75, 3.05) is 26.2 Å². The number of pyridine rings is 1. The highest BCUT2D eigenvalue weighted by Gasteiger charge is 2.35. The van der Waals surface area contributed by atoms with Gasteiger partial charge in [-0.2, -0.15) is 0 Å². The number of rotatable bonds is 6. The molecule has 0 aliphatic carbocycles. The summed E-state index contributed by atoms with van der Waals surface area (Å²) in [5, 5.41) is 0.519. The fourth-order valence-corrected chi connectivity index (χ4v) is 4.23. The van der Waals surface area contributed by atoms with E-state index < -0.39 is 0 Å². The zero-order valence-electron chi connectivity index (χ0n) is 17.8. The summed E-state index contributed by atoms with van der Waals surface area (Å²) < 4.78 is 16.4. The van der Waals surface area contributed by atoms with Gasteiger partial charge in [0.05, 0.1) is 31.9 Å². The van der Waals surface area contributed by atoms with Gasteiger partial charge < -0.3 is 14.2 Å². The molecule has 1 fully saturated rings. The van der Waals surface area contributed by atoms with Crippen molar-refractivity contribution in [2.45, 2.75) is 0 Å². The third kappa shape index (κ3) is 4.17. The molecule has 3 aromatic rings. The van der Waals surface area contributed by atoms with Gasteiger partial charge in [-0.1, -0.05) is 24.3 Å². The van der Waals surface area contributed by atoms with Gasteiger partial charge in [0, 0.05) is 11.8 Å². The maximum Gasteiger partial charge on any atom is 0.271 e. The number of para-hydroxylation sites is 1. The van der Waals surface area contributed by atoms with Crippen molar-refractivity contribution in [3.8, 4) is 17.2 Å². The van der Waals surface area contributed by atoms with Crippen LogP contribution in [0.15, 0.2) is 76.8 Å². The minimum Gasteiger partial charge on any atom is -0.493 e. The van der Waals surface area contributed by atoms with Crippen LogP contribution >= 0.6 is 11.8 Å². The Morgan fingerprint density at radius 1 is 0.906 bits per heavy atom. The number of amides is 1. The summed E-state index contributed by atoms with van der Waals surface area (Å²) in [6.45, 7) is 0. The van der Waals surface area contributed by atoms with Crippen molar-refractivity contribution in [2.24, 2.45) is 4.99 Å². The quantitative estimate of drug-likeness (QED) is 0.500. The number of hydrogen-bond acceptors (Lipinski definition) is 7. The summed E-state index contributed by atoms with van der Waals surface area (Å²) in [4.78, 5) is 24.4. The van der Waals surface area contributed by atoms with E-state index in [9.17, 15) is 4.79 Å². The van der Waals surface area contributed by atoms with Crippen LogP contribution < -0.4 is 19.1 Å². The Bertz CT molecular complexity index is 1180. The molecule has 0 N–H and O–H groups in total. The van der Waals surface area contributed by atoms with Crippen LogP contribution in [0.5, 0.6) is 17.2 Å². The number of ether oxygens (including phenoxy) is 3. The maximum absolute atomic E-state index is 13.4. The molecule has 32 heavy (non-hydrogen) atoms. The Kier molecular flexibility index (Phi) is 6.42. The van der Waals surface area contributed by atoms with Crippen LogP contribution in [0.4, 0.5) is 11.5 Å². The van der Waals surface area contributed by atoms with Crippen LogP contribution in [-0.4, -0.2) is 37.4 Å². The lowest BCUT2D eigenvalue weighted by Crippen LogP contribution is -2.28.